The normalized spacial score (nSPS) is 25.5. The smallest absolute Gasteiger partial charge is 0.191 e. The molecule has 0 amide bonds. The maximum atomic E-state index is 6.08. The van der Waals surface area contributed by atoms with Crippen molar-refractivity contribution in [3.8, 4) is 5.75 Å². The molecule has 9 heteroatoms. The molecule has 0 aliphatic carbocycles. The molecule has 3 unspecified atom stereocenters. The van der Waals surface area contributed by atoms with Crippen LogP contribution in [0, 0.1) is 0 Å². The van der Waals surface area contributed by atoms with Gasteiger partial charge in [-0.2, -0.15) is 0 Å². The zero-order chi connectivity index (χ0) is 21.5. The number of morpholine rings is 2. The minimum atomic E-state index is 0. The van der Waals surface area contributed by atoms with Gasteiger partial charge in [-0.15, -0.1) is 24.0 Å². The average Bonchev–Trinajstić information content (AvgIpc) is 3.30. The van der Waals surface area contributed by atoms with Crippen molar-refractivity contribution < 1.29 is 14.2 Å². The Bertz CT molecular complexity index is 714. The summed E-state index contributed by atoms with van der Waals surface area (Å²) in [5, 5.41) is 7.01. The standard InChI is InChI=1S/C23H37N5O3.HI/c1-24-23(25-14-21-16-28-9-3-4-19(28)17-31-21)26-15-22(27-10-12-30-13-11-27)18-5-7-20(29-2)8-6-18;/h5-8,19,21-22H,3-4,9-17H2,1-2H3,(H2,24,25,26);1H. The summed E-state index contributed by atoms with van der Waals surface area (Å²) in [7, 11) is 3.52. The molecule has 1 aromatic carbocycles. The minimum Gasteiger partial charge on any atom is -0.497 e. The van der Waals surface area contributed by atoms with Crippen LogP contribution in [0.4, 0.5) is 0 Å². The highest BCUT2D eigenvalue weighted by Crippen LogP contribution is 2.24. The molecule has 0 radical (unpaired) electrons. The van der Waals surface area contributed by atoms with Gasteiger partial charge in [-0.25, -0.2) is 0 Å². The maximum absolute atomic E-state index is 6.08. The molecule has 3 saturated heterocycles. The fourth-order valence-corrected chi connectivity index (χ4v) is 4.81. The van der Waals surface area contributed by atoms with Gasteiger partial charge in [-0.1, -0.05) is 12.1 Å². The largest absolute Gasteiger partial charge is 0.497 e. The van der Waals surface area contributed by atoms with Crippen molar-refractivity contribution in [2.24, 2.45) is 4.99 Å². The van der Waals surface area contributed by atoms with Crippen LogP contribution in [-0.4, -0.2) is 101 Å². The molecular formula is C23H38IN5O3. The van der Waals surface area contributed by atoms with Gasteiger partial charge in [0.2, 0.25) is 0 Å². The third kappa shape index (κ3) is 6.69. The summed E-state index contributed by atoms with van der Waals surface area (Å²) < 4.78 is 17.0. The molecule has 0 aromatic heterocycles. The number of nitrogens with zero attached hydrogens (tertiary/aromatic N) is 3. The van der Waals surface area contributed by atoms with Gasteiger partial charge in [-0.05, 0) is 37.1 Å². The molecule has 8 nitrogen and oxygen atoms in total. The quantitative estimate of drug-likeness (QED) is 0.300. The number of fused-ring (bicyclic) bond motifs is 1. The number of benzene rings is 1. The zero-order valence-corrected chi connectivity index (χ0v) is 21.6. The highest BCUT2D eigenvalue weighted by atomic mass is 127. The fourth-order valence-electron chi connectivity index (χ4n) is 4.81. The second kappa shape index (κ2) is 12.9. The van der Waals surface area contributed by atoms with Gasteiger partial charge in [0, 0.05) is 45.8 Å². The van der Waals surface area contributed by atoms with Crippen molar-refractivity contribution >= 4 is 29.9 Å². The van der Waals surface area contributed by atoms with E-state index in [1.54, 1.807) is 7.11 Å². The van der Waals surface area contributed by atoms with E-state index in [-0.39, 0.29) is 36.1 Å². The third-order valence-electron chi connectivity index (χ3n) is 6.63. The van der Waals surface area contributed by atoms with Crippen molar-refractivity contribution in [1.82, 2.24) is 20.4 Å². The fraction of sp³-hybridized carbons (Fsp3) is 0.696. The van der Waals surface area contributed by atoms with E-state index in [0.717, 1.165) is 64.3 Å². The number of aliphatic imine (C=N–C) groups is 1. The van der Waals surface area contributed by atoms with Gasteiger partial charge >= 0.3 is 0 Å². The SMILES string of the molecule is CN=C(NCC1CN2CCCC2CO1)NCC(c1ccc(OC)cc1)N1CCOCC1.I. The van der Waals surface area contributed by atoms with Gasteiger partial charge in [0.05, 0.1) is 39.1 Å². The molecule has 180 valence electrons. The first-order valence-electron chi connectivity index (χ1n) is 11.5. The van der Waals surface area contributed by atoms with Crippen LogP contribution in [0.1, 0.15) is 24.4 Å². The molecular weight excluding hydrogens is 521 g/mol. The second-order valence-electron chi connectivity index (χ2n) is 8.52. The van der Waals surface area contributed by atoms with Crippen molar-refractivity contribution in [2.45, 2.75) is 31.0 Å². The Labute approximate surface area is 209 Å². The molecule has 0 saturated carbocycles. The summed E-state index contributed by atoms with van der Waals surface area (Å²) in [6, 6.07) is 9.24. The molecule has 0 bridgehead atoms. The van der Waals surface area contributed by atoms with E-state index < -0.39 is 0 Å². The number of nitrogens with one attached hydrogen (secondary N) is 2. The summed E-state index contributed by atoms with van der Waals surface area (Å²) in [6.45, 7) is 8.02. The van der Waals surface area contributed by atoms with E-state index in [1.165, 1.54) is 24.9 Å². The van der Waals surface area contributed by atoms with Crippen LogP contribution in [0.15, 0.2) is 29.3 Å². The van der Waals surface area contributed by atoms with Gasteiger partial charge in [0.1, 0.15) is 5.75 Å². The Morgan fingerprint density at radius 1 is 1.19 bits per heavy atom. The number of rotatable bonds is 7. The first-order chi connectivity index (χ1) is 15.3. The summed E-state index contributed by atoms with van der Waals surface area (Å²) >= 11 is 0. The molecule has 3 heterocycles. The van der Waals surface area contributed by atoms with Crippen LogP contribution in [0.3, 0.4) is 0 Å². The lowest BCUT2D eigenvalue weighted by molar-refractivity contribution is -0.0453. The first kappa shape index (κ1) is 25.5. The topological polar surface area (TPSA) is 70.6 Å². The van der Waals surface area contributed by atoms with Crippen molar-refractivity contribution in [3.05, 3.63) is 29.8 Å². The highest BCUT2D eigenvalue weighted by Gasteiger charge is 2.32. The number of halogens is 1. The molecule has 3 fully saturated rings. The van der Waals surface area contributed by atoms with E-state index in [2.05, 4.69) is 37.6 Å². The lowest BCUT2D eigenvalue weighted by Gasteiger charge is -2.36. The Balaban J connectivity index is 0.00000289. The number of ether oxygens (including phenoxy) is 3. The molecule has 2 N–H and O–H groups in total. The average molecular weight is 559 g/mol. The predicted octanol–water partition coefficient (Wildman–Crippen LogP) is 1.71. The lowest BCUT2D eigenvalue weighted by Crippen LogP contribution is -2.52. The molecule has 1 aromatic rings. The summed E-state index contributed by atoms with van der Waals surface area (Å²) in [5.41, 5.74) is 1.27. The molecule has 3 aliphatic heterocycles. The number of methoxy groups -OCH3 is 1. The van der Waals surface area contributed by atoms with Crippen LogP contribution in [0.5, 0.6) is 5.75 Å². The van der Waals surface area contributed by atoms with Gasteiger partial charge in [0.25, 0.3) is 0 Å². The van der Waals surface area contributed by atoms with Crippen molar-refractivity contribution in [1.29, 1.82) is 0 Å². The van der Waals surface area contributed by atoms with Gasteiger partial charge in [0.15, 0.2) is 5.96 Å². The second-order valence-corrected chi connectivity index (χ2v) is 8.52. The van der Waals surface area contributed by atoms with Gasteiger partial charge < -0.3 is 24.8 Å². The molecule has 0 spiro atoms. The van der Waals surface area contributed by atoms with Crippen LogP contribution < -0.4 is 15.4 Å². The Hall–Kier alpha value is -1.14. The Kier molecular flexibility index (Phi) is 10.3. The van der Waals surface area contributed by atoms with E-state index in [9.17, 15) is 0 Å². The molecule has 3 atom stereocenters. The first-order valence-corrected chi connectivity index (χ1v) is 11.5. The van der Waals surface area contributed by atoms with E-state index >= 15 is 0 Å². The van der Waals surface area contributed by atoms with E-state index in [0.29, 0.717) is 6.04 Å². The zero-order valence-electron chi connectivity index (χ0n) is 19.3. The van der Waals surface area contributed by atoms with Crippen LogP contribution >= 0.6 is 24.0 Å². The Morgan fingerprint density at radius 2 is 1.97 bits per heavy atom. The van der Waals surface area contributed by atoms with E-state index in [1.807, 2.05) is 19.2 Å². The van der Waals surface area contributed by atoms with Crippen LogP contribution in [0.2, 0.25) is 0 Å². The highest BCUT2D eigenvalue weighted by molar-refractivity contribution is 14.0. The molecule has 4 rings (SSSR count). The lowest BCUT2D eigenvalue weighted by atomic mass is 10.0. The Morgan fingerprint density at radius 3 is 2.69 bits per heavy atom. The summed E-state index contributed by atoms with van der Waals surface area (Å²) in [5.74, 6) is 1.70. The third-order valence-corrected chi connectivity index (χ3v) is 6.63. The number of hydrogen-bond acceptors (Lipinski definition) is 6. The van der Waals surface area contributed by atoms with Crippen molar-refractivity contribution in [2.75, 3.05) is 73.2 Å². The van der Waals surface area contributed by atoms with Crippen molar-refractivity contribution in [3.63, 3.8) is 0 Å². The summed E-state index contributed by atoms with van der Waals surface area (Å²) in [6.07, 6.45) is 2.79. The monoisotopic (exact) mass is 559 g/mol. The summed E-state index contributed by atoms with van der Waals surface area (Å²) in [4.78, 5) is 9.49. The molecule has 32 heavy (non-hydrogen) atoms. The number of hydrogen-bond donors (Lipinski definition) is 2. The minimum absolute atomic E-state index is 0. The predicted molar refractivity (Wildman–Crippen MR) is 137 cm³/mol. The van der Waals surface area contributed by atoms with E-state index in [4.69, 9.17) is 14.2 Å². The van der Waals surface area contributed by atoms with Gasteiger partial charge in [-0.3, -0.25) is 14.8 Å². The maximum Gasteiger partial charge on any atom is 0.191 e. The number of guanidine groups is 1. The van der Waals surface area contributed by atoms with Crippen LogP contribution in [-0.2, 0) is 9.47 Å². The van der Waals surface area contributed by atoms with Crippen LogP contribution in [0.25, 0.3) is 0 Å². The molecule has 3 aliphatic rings.